The molecule has 0 heterocycles. The Balaban J connectivity index is 1.76. The molecule has 0 unspecified atom stereocenters. The number of rotatable bonds is 10. The molecule has 192 valence electrons. The molecule has 12 heteroatoms. The summed E-state index contributed by atoms with van der Waals surface area (Å²) in [6.45, 7) is -0.545. The van der Waals surface area contributed by atoms with Crippen molar-refractivity contribution in [2.24, 2.45) is 0 Å². The van der Waals surface area contributed by atoms with Crippen molar-refractivity contribution in [3.8, 4) is 0 Å². The first kappa shape index (κ1) is 28.2. The van der Waals surface area contributed by atoms with Gasteiger partial charge in [-0.15, -0.1) is 0 Å². The molecule has 0 atom stereocenters. The monoisotopic (exact) mass is 576 g/mol. The number of anilines is 1. The standard InChI is InChI=1S/C24H21Cl2F3N2O3S2/c25-20-9-5-4-6-17(20)16-35-13-12-30-23(32)15-31(36(33,34)19-7-2-1-3-8-19)22-14-18(24(27,28)29)10-11-21(22)26/h1-11,14H,12-13,15-16H2,(H,30,32). The number of carbonyl (C=O) groups is 1. The van der Waals surface area contributed by atoms with Crippen molar-refractivity contribution in [1.29, 1.82) is 0 Å². The summed E-state index contributed by atoms with van der Waals surface area (Å²) >= 11 is 13.7. The van der Waals surface area contributed by atoms with Crippen LogP contribution in [0.4, 0.5) is 18.9 Å². The minimum atomic E-state index is -4.73. The van der Waals surface area contributed by atoms with Crippen LogP contribution in [0.2, 0.25) is 10.0 Å². The summed E-state index contributed by atoms with van der Waals surface area (Å²) in [4.78, 5) is 12.5. The second kappa shape index (κ2) is 12.2. The Morgan fingerprint density at radius 2 is 1.61 bits per heavy atom. The van der Waals surface area contributed by atoms with Gasteiger partial charge in [0, 0.05) is 23.1 Å². The number of sulfonamides is 1. The largest absolute Gasteiger partial charge is 0.416 e. The first-order valence-corrected chi connectivity index (χ1v) is 13.9. The number of hydrogen-bond acceptors (Lipinski definition) is 4. The fraction of sp³-hybridized carbons (Fsp3) is 0.208. The quantitative estimate of drug-likeness (QED) is 0.289. The fourth-order valence-corrected chi connectivity index (χ4v) is 6.01. The molecule has 0 saturated carbocycles. The number of amides is 1. The van der Waals surface area contributed by atoms with Gasteiger partial charge in [0.25, 0.3) is 10.0 Å². The Labute approximate surface area is 221 Å². The first-order valence-electron chi connectivity index (χ1n) is 10.5. The maximum absolute atomic E-state index is 13.3. The zero-order valence-electron chi connectivity index (χ0n) is 18.6. The van der Waals surface area contributed by atoms with Gasteiger partial charge in [-0.25, -0.2) is 8.42 Å². The lowest BCUT2D eigenvalue weighted by Gasteiger charge is -2.25. The summed E-state index contributed by atoms with van der Waals surface area (Å²) in [7, 11) is -4.41. The molecule has 5 nitrogen and oxygen atoms in total. The van der Waals surface area contributed by atoms with E-state index >= 15 is 0 Å². The summed E-state index contributed by atoms with van der Waals surface area (Å²) < 4.78 is 67.3. The van der Waals surface area contributed by atoms with E-state index in [0.29, 0.717) is 26.9 Å². The van der Waals surface area contributed by atoms with Crippen LogP contribution in [-0.2, 0) is 26.7 Å². The molecule has 3 rings (SSSR count). The molecule has 3 aromatic rings. The molecule has 36 heavy (non-hydrogen) atoms. The molecule has 0 aromatic heterocycles. The van der Waals surface area contributed by atoms with E-state index in [9.17, 15) is 26.4 Å². The molecule has 0 bridgehead atoms. The molecular weight excluding hydrogens is 556 g/mol. The van der Waals surface area contributed by atoms with Crippen LogP contribution in [0, 0.1) is 0 Å². The third-order valence-corrected chi connectivity index (χ3v) is 8.41. The van der Waals surface area contributed by atoms with Gasteiger partial charge in [-0.1, -0.05) is 59.6 Å². The minimum Gasteiger partial charge on any atom is -0.354 e. The number of benzene rings is 3. The van der Waals surface area contributed by atoms with E-state index < -0.39 is 39.9 Å². The fourth-order valence-electron chi connectivity index (χ4n) is 3.15. The van der Waals surface area contributed by atoms with Gasteiger partial charge in [-0.05, 0) is 42.0 Å². The van der Waals surface area contributed by atoms with Crippen LogP contribution in [0.1, 0.15) is 11.1 Å². The SMILES string of the molecule is O=C(CN(c1cc(C(F)(F)F)ccc1Cl)S(=O)(=O)c1ccccc1)NCCSCc1ccccc1Cl. The molecule has 0 radical (unpaired) electrons. The highest BCUT2D eigenvalue weighted by Gasteiger charge is 2.34. The average Bonchev–Trinajstić information content (AvgIpc) is 2.83. The van der Waals surface area contributed by atoms with E-state index in [1.165, 1.54) is 36.0 Å². The number of nitrogens with zero attached hydrogens (tertiary/aromatic N) is 1. The Morgan fingerprint density at radius 1 is 0.944 bits per heavy atom. The van der Waals surface area contributed by atoms with Crippen LogP contribution in [0.25, 0.3) is 0 Å². The molecule has 3 aromatic carbocycles. The molecule has 0 saturated heterocycles. The van der Waals surface area contributed by atoms with Gasteiger partial charge >= 0.3 is 6.18 Å². The molecule has 1 N–H and O–H groups in total. The molecule has 0 fully saturated rings. The van der Waals surface area contributed by atoms with Crippen LogP contribution in [0.15, 0.2) is 77.7 Å². The number of hydrogen-bond donors (Lipinski definition) is 1. The lowest BCUT2D eigenvalue weighted by Crippen LogP contribution is -2.41. The molecule has 0 aliphatic carbocycles. The molecule has 0 spiro atoms. The van der Waals surface area contributed by atoms with Crippen molar-refractivity contribution >= 4 is 56.6 Å². The number of halogens is 5. The van der Waals surface area contributed by atoms with Gasteiger partial charge in [0.05, 0.1) is 21.2 Å². The zero-order valence-corrected chi connectivity index (χ0v) is 21.8. The van der Waals surface area contributed by atoms with Crippen LogP contribution in [-0.4, -0.2) is 33.2 Å². The predicted octanol–water partition coefficient (Wildman–Crippen LogP) is 6.26. The van der Waals surface area contributed by atoms with E-state index in [-0.39, 0.29) is 16.5 Å². The van der Waals surface area contributed by atoms with Gasteiger partial charge in [0.1, 0.15) is 6.54 Å². The van der Waals surface area contributed by atoms with Gasteiger partial charge < -0.3 is 5.32 Å². The van der Waals surface area contributed by atoms with Crippen molar-refractivity contribution < 1.29 is 26.4 Å². The summed E-state index contributed by atoms with van der Waals surface area (Å²) in [6.07, 6.45) is -4.73. The van der Waals surface area contributed by atoms with Gasteiger partial charge in [0.2, 0.25) is 5.91 Å². The smallest absolute Gasteiger partial charge is 0.354 e. The topological polar surface area (TPSA) is 66.5 Å². The van der Waals surface area contributed by atoms with Crippen LogP contribution >= 0.6 is 35.0 Å². The average molecular weight is 577 g/mol. The normalized spacial score (nSPS) is 11.8. The predicted molar refractivity (Wildman–Crippen MR) is 138 cm³/mol. The highest BCUT2D eigenvalue weighted by atomic mass is 35.5. The number of carbonyl (C=O) groups excluding carboxylic acids is 1. The summed E-state index contributed by atoms with van der Waals surface area (Å²) in [5, 5.41) is 3.00. The van der Waals surface area contributed by atoms with Crippen molar-refractivity contribution in [3.63, 3.8) is 0 Å². The molecule has 1 amide bonds. The van der Waals surface area contributed by atoms with E-state index in [1.54, 1.807) is 12.1 Å². The Morgan fingerprint density at radius 3 is 2.28 bits per heavy atom. The lowest BCUT2D eigenvalue weighted by atomic mass is 10.2. The molecule has 0 aliphatic heterocycles. The maximum atomic E-state index is 13.3. The van der Waals surface area contributed by atoms with Crippen LogP contribution in [0.3, 0.4) is 0 Å². The van der Waals surface area contributed by atoms with Crippen LogP contribution < -0.4 is 9.62 Å². The van der Waals surface area contributed by atoms with E-state index in [1.807, 2.05) is 18.2 Å². The minimum absolute atomic E-state index is 0.193. The second-order valence-electron chi connectivity index (χ2n) is 7.48. The molecule has 0 aliphatic rings. The lowest BCUT2D eigenvalue weighted by molar-refractivity contribution is -0.137. The van der Waals surface area contributed by atoms with Gasteiger partial charge in [-0.3, -0.25) is 9.10 Å². The second-order valence-corrected chi connectivity index (χ2v) is 11.3. The third kappa shape index (κ3) is 7.32. The van der Waals surface area contributed by atoms with Crippen molar-refractivity contribution in [1.82, 2.24) is 5.32 Å². The van der Waals surface area contributed by atoms with Gasteiger partial charge in [0.15, 0.2) is 0 Å². The number of nitrogens with one attached hydrogen (secondary N) is 1. The summed E-state index contributed by atoms with van der Waals surface area (Å²) in [5.41, 5.74) is -0.597. The van der Waals surface area contributed by atoms with Crippen molar-refractivity contribution in [2.45, 2.75) is 16.8 Å². The van der Waals surface area contributed by atoms with E-state index in [2.05, 4.69) is 5.32 Å². The number of thioether (sulfide) groups is 1. The van der Waals surface area contributed by atoms with Crippen LogP contribution in [0.5, 0.6) is 0 Å². The van der Waals surface area contributed by atoms with Crippen molar-refractivity contribution in [2.75, 3.05) is 23.1 Å². The maximum Gasteiger partial charge on any atom is 0.416 e. The van der Waals surface area contributed by atoms with Crippen molar-refractivity contribution in [3.05, 3.63) is 94.0 Å². The Hall–Kier alpha value is -2.40. The highest BCUT2D eigenvalue weighted by molar-refractivity contribution is 7.98. The third-order valence-electron chi connectivity index (χ3n) is 4.94. The summed E-state index contributed by atoms with van der Waals surface area (Å²) in [5.74, 6) is 0.428. The number of alkyl halides is 3. The highest BCUT2D eigenvalue weighted by Crippen LogP contribution is 2.37. The van der Waals surface area contributed by atoms with E-state index in [0.717, 1.165) is 17.7 Å². The van der Waals surface area contributed by atoms with Gasteiger partial charge in [-0.2, -0.15) is 24.9 Å². The summed E-state index contributed by atoms with van der Waals surface area (Å²) in [6, 6.07) is 16.8. The van der Waals surface area contributed by atoms with E-state index in [4.69, 9.17) is 23.2 Å². The Bertz CT molecular complexity index is 1310. The zero-order chi connectivity index (χ0) is 26.3. The first-order chi connectivity index (χ1) is 17.0. The molecular formula is C24H21Cl2F3N2O3S2. The Kier molecular flexibility index (Phi) is 9.57.